The Morgan fingerprint density at radius 2 is 1.89 bits per heavy atom. The number of hydrogen-bond donors (Lipinski definition) is 2. The number of aryl methyl sites for hydroxylation is 3. The summed E-state index contributed by atoms with van der Waals surface area (Å²) in [5.41, 5.74) is 2.77. The van der Waals surface area contributed by atoms with Crippen molar-refractivity contribution in [1.82, 2.24) is 24.6 Å². The van der Waals surface area contributed by atoms with Gasteiger partial charge in [-0.1, -0.05) is 12.1 Å². The molecule has 0 aliphatic rings. The third-order valence-corrected chi connectivity index (χ3v) is 4.34. The highest BCUT2D eigenvalue weighted by Gasteiger charge is 2.15. The largest absolute Gasteiger partial charge is 0.376 e. The first-order valence-corrected chi connectivity index (χ1v) is 8.55. The second-order valence-electron chi connectivity index (χ2n) is 6.42. The van der Waals surface area contributed by atoms with Crippen molar-refractivity contribution in [2.75, 3.05) is 24.3 Å². The number of aromatic nitrogens is 4. The van der Waals surface area contributed by atoms with Crippen LogP contribution in [0.1, 0.15) is 18.6 Å². The monoisotopic (exact) mass is 373 g/mol. The minimum Gasteiger partial charge on any atom is -0.376 e. The van der Waals surface area contributed by atoms with E-state index in [0.29, 0.717) is 23.8 Å². The summed E-state index contributed by atoms with van der Waals surface area (Å²) in [6, 6.07) is 3.26. The quantitative estimate of drug-likeness (QED) is 0.696. The fraction of sp³-hybridized carbons (Fsp3) is 0.412. The van der Waals surface area contributed by atoms with Gasteiger partial charge in [-0.25, -0.2) is 9.59 Å². The van der Waals surface area contributed by atoms with E-state index in [4.69, 9.17) is 4.52 Å². The average molecular weight is 373 g/mol. The molecule has 0 saturated heterocycles. The SMILES string of the molecule is CCc1nc(CNC(=O)Nc2cc3c(cc2N(C)C)n(C)c(=O)n3C)no1. The number of benzene rings is 1. The Kier molecular flexibility index (Phi) is 4.89. The number of imidazole rings is 1. The van der Waals surface area contributed by atoms with E-state index in [-0.39, 0.29) is 12.2 Å². The maximum absolute atomic E-state index is 12.3. The summed E-state index contributed by atoms with van der Waals surface area (Å²) >= 11 is 0. The predicted octanol–water partition coefficient (Wildman–Crippen LogP) is 1.21. The minimum atomic E-state index is -0.402. The van der Waals surface area contributed by atoms with E-state index in [1.54, 1.807) is 29.3 Å². The molecule has 0 aliphatic carbocycles. The lowest BCUT2D eigenvalue weighted by Crippen LogP contribution is -2.29. The molecule has 0 bridgehead atoms. The molecule has 144 valence electrons. The van der Waals surface area contributed by atoms with Crippen LogP contribution in [0.5, 0.6) is 0 Å². The van der Waals surface area contributed by atoms with Crippen molar-refractivity contribution in [3.8, 4) is 0 Å². The topological polar surface area (TPSA) is 110 Å². The average Bonchev–Trinajstić information content (AvgIpc) is 3.19. The van der Waals surface area contributed by atoms with Crippen LogP contribution in [-0.4, -0.2) is 39.4 Å². The molecule has 2 heterocycles. The molecule has 3 aromatic rings. The van der Waals surface area contributed by atoms with Crippen molar-refractivity contribution in [3.63, 3.8) is 0 Å². The summed E-state index contributed by atoms with van der Waals surface area (Å²) in [5.74, 6) is 0.938. The standard InChI is InChI=1S/C17H23N7O3/c1-6-15-20-14(21-27-15)9-18-16(25)19-10-7-12-13(8-11(10)22(2)3)24(5)17(26)23(12)4/h7-8H,6,9H2,1-5H3,(H2,18,19,25). The molecule has 0 unspecified atom stereocenters. The van der Waals surface area contributed by atoms with Crippen LogP contribution < -0.4 is 21.2 Å². The molecule has 10 nitrogen and oxygen atoms in total. The summed E-state index contributed by atoms with van der Waals surface area (Å²) in [6.45, 7) is 2.06. The molecular weight excluding hydrogens is 350 g/mol. The van der Waals surface area contributed by atoms with Crippen molar-refractivity contribution < 1.29 is 9.32 Å². The first kappa shape index (κ1) is 18.5. The number of amides is 2. The Labute approximate surface area is 155 Å². The summed E-state index contributed by atoms with van der Waals surface area (Å²) in [4.78, 5) is 30.5. The van der Waals surface area contributed by atoms with Crippen LogP contribution in [0, 0.1) is 0 Å². The number of fused-ring (bicyclic) bond motifs is 1. The van der Waals surface area contributed by atoms with Crippen LogP contribution in [0.15, 0.2) is 21.5 Å². The maximum atomic E-state index is 12.3. The molecule has 3 rings (SSSR count). The second-order valence-corrected chi connectivity index (χ2v) is 6.42. The predicted molar refractivity (Wildman–Crippen MR) is 102 cm³/mol. The van der Waals surface area contributed by atoms with Gasteiger partial charge in [0.05, 0.1) is 29.0 Å². The van der Waals surface area contributed by atoms with Gasteiger partial charge in [-0.3, -0.25) is 9.13 Å². The molecule has 27 heavy (non-hydrogen) atoms. The number of nitrogens with one attached hydrogen (secondary N) is 2. The molecule has 2 amide bonds. The highest BCUT2D eigenvalue weighted by molar-refractivity contribution is 5.97. The van der Waals surface area contributed by atoms with E-state index >= 15 is 0 Å². The smallest absolute Gasteiger partial charge is 0.328 e. The number of urea groups is 1. The van der Waals surface area contributed by atoms with Gasteiger partial charge in [0.2, 0.25) is 5.89 Å². The number of carbonyl (C=O) groups is 1. The van der Waals surface area contributed by atoms with Gasteiger partial charge in [0.1, 0.15) is 0 Å². The molecule has 0 spiro atoms. The lowest BCUT2D eigenvalue weighted by molar-refractivity contribution is 0.251. The summed E-state index contributed by atoms with van der Waals surface area (Å²) in [5, 5.41) is 9.33. The fourth-order valence-electron chi connectivity index (χ4n) is 2.84. The van der Waals surface area contributed by atoms with Gasteiger partial charge in [-0.15, -0.1) is 0 Å². The first-order chi connectivity index (χ1) is 12.8. The van der Waals surface area contributed by atoms with E-state index in [1.807, 2.05) is 32.0 Å². The number of anilines is 2. The molecule has 2 aromatic heterocycles. The lowest BCUT2D eigenvalue weighted by atomic mass is 10.2. The van der Waals surface area contributed by atoms with Gasteiger partial charge < -0.3 is 20.1 Å². The molecule has 0 atom stereocenters. The molecule has 10 heteroatoms. The van der Waals surface area contributed by atoms with E-state index in [9.17, 15) is 9.59 Å². The van der Waals surface area contributed by atoms with Gasteiger partial charge in [0, 0.05) is 34.6 Å². The Hall–Kier alpha value is -3.30. The molecule has 1 aromatic carbocycles. The number of carbonyl (C=O) groups excluding carboxylic acids is 1. The van der Waals surface area contributed by atoms with Crippen LogP contribution in [-0.2, 0) is 27.1 Å². The van der Waals surface area contributed by atoms with Crippen molar-refractivity contribution in [2.24, 2.45) is 14.1 Å². The molecule has 2 N–H and O–H groups in total. The normalized spacial score (nSPS) is 11.0. The summed E-state index contributed by atoms with van der Waals surface area (Å²) in [6.07, 6.45) is 0.640. The highest BCUT2D eigenvalue weighted by atomic mass is 16.5. The summed E-state index contributed by atoms with van der Waals surface area (Å²) < 4.78 is 8.14. The molecule has 0 saturated carbocycles. The molecule has 0 aliphatic heterocycles. The fourth-order valence-corrected chi connectivity index (χ4v) is 2.84. The van der Waals surface area contributed by atoms with Gasteiger partial charge >= 0.3 is 11.7 Å². The van der Waals surface area contributed by atoms with Crippen LogP contribution in [0.2, 0.25) is 0 Å². The molecular formula is C17H23N7O3. The van der Waals surface area contributed by atoms with Crippen LogP contribution in [0.4, 0.5) is 16.2 Å². The van der Waals surface area contributed by atoms with Crippen molar-refractivity contribution in [3.05, 3.63) is 34.3 Å². The third-order valence-electron chi connectivity index (χ3n) is 4.34. The Balaban J connectivity index is 1.84. The van der Waals surface area contributed by atoms with Crippen LogP contribution in [0.25, 0.3) is 11.0 Å². The number of hydrogen-bond acceptors (Lipinski definition) is 6. The Bertz CT molecular complexity index is 1040. The lowest BCUT2D eigenvalue weighted by Gasteiger charge is -2.18. The maximum Gasteiger partial charge on any atom is 0.328 e. The van der Waals surface area contributed by atoms with Gasteiger partial charge in [0.15, 0.2) is 5.82 Å². The van der Waals surface area contributed by atoms with Crippen molar-refractivity contribution >= 4 is 28.4 Å². The van der Waals surface area contributed by atoms with Crippen molar-refractivity contribution in [2.45, 2.75) is 19.9 Å². The summed E-state index contributed by atoms with van der Waals surface area (Å²) in [7, 11) is 7.17. The third kappa shape index (κ3) is 3.50. The van der Waals surface area contributed by atoms with Crippen LogP contribution >= 0.6 is 0 Å². The first-order valence-electron chi connectivity index (χ1n) is 8.55. The zero-order chi connectivity index (χ0) is 19.7. The zero-order valence-electron chi connectivity index (χ0n) is 16.0. The molecule has 0 fully saturated rings. The zero-order valence-corrected chi connectivity index (χ0v) is 16.0. The number of rotatable bonds is 5. The van der Waals surface area contributed by atoms with E-state index in [1.165, 1.54) is 0 Å². The Morgan fingerprint density at radius 1 is 1.22 bits per heavy atom. The van der Waals surface area contributed by atoms with Gasteiger partial charge in [-0.2, -0.15) is 4.98 Å². The van der Waals surface area contributed by atoms with Gasteiger partial charge in [0.25, 0.3) is 0 Å². The van der Waals surface area contributed by atoms with E-state index in [2.05, 4.69) is 20.8 Å². The van der Waals surface area contributed by atoms with Crippen molar-refractivity contribution in [1.29, 1.82) is 0 Å². The number of nitrogens with zero attached hydrogens (tertiary/aromatic N) is 5. The van der Waals surface area contributed by atoms with Gasteiger partial charge in [-0.05, 0) is 12.1 Å². The minimum absolute atomic E-state index is 0.125. The van der Waals surface area contributed by atoms with Crippen LogP contribution in [0.3, 0.4) is 0 Å². The highest BCUT2D eigenvalue weighted by Crippen LogP contribution is 2.29. The van der Waals surface area contributed by atoms with E-state index in [0.717, 1.165) is 16.7 Å². The molecule has 0 radical (unpaired) electrons. The second kappa shape index (κ2) is 7.14. The Morgan fingerprint density at radius 3 is 2.48 bits per heavy atom. The van der Waals surface area contributed by atoms with E-state index < -0.39 is 6.03 Å².